The zero-order chi connectivity index (χ0) is 13.3. The maximum Gasteiger partial charge on any atom is 0.140 e. The Morgan fingerprint density at radius 3 is 2.95 bits per heavy atom. The molecule has 4 rings (SSSR count). The van der Waals surface area contributed by atoms with E-state index < -0.39 is 0 Å². The first kappa shape index (κ1) is 11.5. The molecule has 3 aliphatic rings. The third-order valence-electron chi connectivity index (χ3n) is 5.37. The van der Waals surface area contributed by atoms with E-state index in [1.54, 1.807) is 0 Å². The molecule has 1 aromatic rings. The fourth-order valence-corrected chi connectivity index (χ4v) is 4.29. The monoisotopic (exact) mass is 260 g/mol. The Hall–Kier alpha value is -1.32. The molecule has 102 valence electrons. The summed E-state index contributed by atoms with van der Waals surface area (Å²) < 4.78 is 5.46. The van der Waals surface area contributed by atoms with Crippen molar-refractivity contribution in [2.75, 3.05) is 0 Å². The van der Waals surface area contributed by atoms with Gasteiger partial charge in [-0.25, -0.2) is 0 Å². The van der Waals surface area contributed by atoms with E-state index in [9.17, 15) is 0 Å². The van der Waals surface area contributed by atoms with E-state index >= 15 is 0 Å². The van der Waals surface area contributed by atoms with Gasteiger partial charge < -0.3 is 9.36 Å². The Labute approximate surface area is 113 Å². The van der Waals surface area contributed by atoms with Gasteiger partial charge in [-0.2, -0.15) is 0 Å². The molecule has 1 aliphatic heterocycles. The van der Waals surface area contributed by atoms with Crippen LogP contribution in [-0.2, 0) is 16.7 Å². The van der Waals surface area contributed by atoms with Crippen molar-refractivity contribution in [3.05, 3.63) is 17.0 Å². The SMILES string of the molecule is Cc1onc2c1CCC[C@]21CC[C@@H]2C1=NOC2(C)C. The number of fused-ring (bicyclic) bond motifs is 4. The molecular formula is C15H20N2O2. The molecule has 0 saturated heterocycles. The van der Waals surface area contributed by atoms with Gasteiger partial charge in [0.15, 0.2) is 0 Å². The molecule has 0 aromatic carbocycles. The van der Waals surface area contributed by atoms with Crippen LogP contribution in [-0.4, -0.2) is 16.5 Å². The van der Waals surface area contributed by atoms with Crippen LogP contribution >= 0.6 is 0 Å². The van der Waals surface area contributed by atoms with Crippen molar-refractivity contribution >= 4 is 5.71 Å². The molecule has 0 unspecified atom stereocenters. The molecular weight excluding hydrogens is 240 g/mol. The Morgan fingerprint density at radius 1 is 1.26 bits per heavy atom. The van der Waals surface area contributed by atoms with Crippen LogP contribution < -0.4 is 0 Å². The van der Waals surface area contributed by atoms with Crippen LogP contribution in [0.2, 0.25) is 0 Å². The van der Waals surface area contributed by atoms with Gasteiger partial charge in [0.05, 0.1) is 16.8 Å². The molecule has 19 heavy (non-hydrogen) atoms. The second kappa shape index (κ2) is 3.41. The molecule has 0 N–H and O–H groups in total. The summed E-state index contributed by atoms with van der Waals surface area (Å²) in [4.78, 5) is 5.69. The van der Waals surface area contributed by atoms with Crippen molar-refractivity contribution in [3.8, 4) is 0 Å². The number of aromatic nitrogens is 1. The fraction of sp³-hybridized carbons (Fsp3) is 0.733. The first-order chi connectivity index (χ1) is 9.05. The lowest BCUT2D eigenvalue weighted by Crippen LogP contribution is -2.39. The maximum absolute atomic E-state index is 5.69. The van der Waals surface area contributed by atoms with E-state index in [0.717, 1.165) is 37.1 Å². The van der Waals surface area contributed by atoms with Gasteiger partial charge in [0.25, 0.3) is 0 Å². The highest BCUT2D eigenvalue weighted by molar-refractivity contribution is 6.00. The molecule has 4 nitrogen and oxygen atoms in total. The molecule has 1 saturated carbocycles. The highest BCUT2D eigenvalue weighted by Crippen LogP contribution is 2.54. The predicted octanol–water partition coefficient (Wildman–Crippen LogP) is 3.13. The number of rotatable bonds is 0. The second-order valence-electron chi connectivity index (χ2n) is 6.76. The highest BCUT2D eigenvalue weighted by Gasteiger charge is 2.58. The maximum atomic E-state index is 5.69. The topological polar surface area (TPSA) is 47.6 Å². The van der Waals surface area contributed by atoms with Gasteiger partial charge in [0, 0.05) is 11.5 Å². The summed E-state index contributed by atoms with van der Waals surface area (Å²) in [5.74, 6) is 1.42. The van der Waals surface area contributed by atoms with E-state index in [2.05, 4.69) is 24.2 Å². The van der Waals surface area contributed by atoms with Gasteiger partial charge in [-0.1, -0.05) is 10.3 Å². The van der Waals surface area contributed by atoms with Gasteiger partial charge in [-0.15, -0.1) is 0 Å². The third-order valence-corrected chi connectivity index (χ3v) is 5.37. The number of oxime groups is 1. The molecule has 0 bridgehead atoms. The van der Waals surface area contributed by atoms with Gasteiger partial charge >= 0.3 is 0 Å². The average molecular weight is 260 g/mol. The van der Waals surface area contributed by atoms with Crippen LogP contribution in [0.25, 0.3) is 0 Å². The van der Waals surface area contributed by atoms with Crippen molar-refractivity contribution in [2.45, 2.75) is 63.9 Å². The van der Waals surface area contributed by atoms with Crippen molar-refractivity contribution in [1.82, 2.24) is 5.16 Å². The Balaban J connectivity index is 1.85. The normalized spacial score (nSPS) is 34.9. The summed E-state index contributed by atoms with van der Waals surface area (Å²) >= 11 is 0. The first-order valence-electron chi connectivity index (χ1n) is 7.27. The van der Waals surface area contributed by atoms with Gasteiger partial charge in [-0.3, -0.25) is 0 Å². The molecule has 1 fully saturated rings. The Bertz CT molecular complexity index is 573. The van der Waals surface area contributed by atoms with Crippen LogP contribution in [0.1, 0.15) is 56.5 Å². The molecule has 0 radical (unpaired) electrons. The lowest BCUT2D eigenvalue weighted by atomic mass is 9.69. The molecule has 2 heterocycles. The van der Waals surface area contributed by atoms with Gasteiger partial charge in [0.2, 0.25) is 0 Å². The lowest BCUT2D eigenvalue weighted by molar-refractivity contribution is -0.0162. The quantitative estimate of drug-likeness (QED) is 0.720. The third kappa shape index (κ3) is 1.30. The minimum absolute atomic E-state index is 0.00375. The van der Waals surface area contributed by atoms with Crippen LogP contribution in [0, 0.1) is 12.8 Å². The van der Waals surface area contributed by atoms with Crippen LogP contribution in [0.4, 0.5) is 0 Å². The van der Waals surface area contributed by atoms with Gasteiger partial charge in [-0.05, 0) is 52.9 Å². The smallest absolute Gasteiger partial charge is 0.140 e. The van der Waals surface area contributed by atoms with E-state index in [1.807, 2.05) is 6.92 Å². The summed E-state index contributed by atoms with van der Waals surface area (Å²) in [6.45, 7) is 6.31. The van der Waals surface area contributed by atoms with Crippen LogP contribution in [0.5, 0.6) is 0 Å². The Kier molecular flexibility index (Phi) is 2.06. The number of aryl methyl sites for hydroxylation is 1. The van der Waals surface area contributed by atoms with Gasteiger partial charge in [0.1, 0.15) is 11.4 Å². The van der Waals surface area contributed by atoms with Crippen molar-refractivity contribution in [1.29, 1.82) is 0 Å². The van der Waals surface area contributed by atoms with Crippen molar-refractivity contribution < 1.29 is 9.36 Å². The van der Waals surface area contributed by atoms with Crippen molar-refractivity contribution in [2.24, 2.45) is 11.1 Å². The lowest BCUT2D eigenvalue weighted by Gasteiger charge is -2.31. The minimum atomic E-state index is -0.158. The average Bonchev–Trinajstić information content (AvgIpc) is 3.00. The number of hydrogen-bond acceptors (Lipinski definition) is 4. The number of hydrogen-bond donors (Lipinski definition) is 0. The molecule has 1 aromatic heterocycles. The number of nitrogens with zero attached hydrogens (tertiary/aromatic N) is 2. The minimum Gasteiger partial charge on any atom is -0.389 e. The largest absolute Gasteiger partial charge is 0.389 e. The summed E-state index contributed by atoms with van der Waals surface area (Å²) in [6.07, 6.45) is 5.72. The zero-order valence-corrected chi connectivity index (χ0v) is 11.8. The summed E-state index contributed by atoms with van der Waals surface area (Å²) in [5.41, 5.74) is 3.55. The summed E-state index contributed by atoms with van der Waals surface area (Å²) in [6, 6.07) is 0. The fourth-order valence-electron chi connectivity index (χ4n) is 4.29. The summed E-state index contributed by atoms with van der Waals surface area (Å²) in [7, 11) is 0. The predicted molar refractivity (Wildman–Crippen MR) is 71.2 cm³/mol. The molecule has 2 atom stereocenters. The zero-order valence-electron chi connectivity index (χ0n) is 11.8. The summed E-state index contributed by atoms with van der Waals surface area (Å²) in [5, 5.41) is 8.86. The highest BCUT2D eigenvalue weighted by atomic mass is 16.7. The van der Waals surface area contributed by atoms with E-state index in [4.69, 9.17) is 9.36 Å². The van der Waals surface area contributed by atoms with Crippen LogP contribution in [0.3, 0.4) is 0 Å². The second-order valence-corrected chi connectivity index (χ2v) is 6.76. The van der Waals surface area contributed by atoms with Crippen LogP contribution in [0.15, 0.2) is 9.68 Å². The molecule has 0 amide bonds. The molecule has 1 spiro atoms. The van der Waals surface area contributed by atoms with E-state index in [1.165, 1.54) is 17.7 Å². The van der Waals surface area contributed by atoms with E-state index in [0.29, 0.717) is 5.92 Å². The first-order valence-corrected chi connectivity index (χ1v) is 7.27. The molecule has 2 aliphatic carbocycles. The van der Waals surface area contributed by atoms with E-state index in [-0.39, 0.29) is 11.0 Å². The molecule has 4 heteroatoms. The standard InChI is InChI=1S/C15H20N2O2/c1-9-10-5-4-7-15(12(10)16-18-9)8-6-11-13(15)17-19-14(11,2)3/h11H,4-8H2,1-3H3/t11-,15+/m1/s1. The van der Waals surface area contributed by atoms with Crippen molar-refractivity contribution in [3.63, 3.8) is 0 Å². The Morgan fingerprint density at radius 2 is 2.11 bits per heavy atom.